The van der Waals surface area contributed by atoms with Gasteiger partial charge in [0.1, 0.15) is 11.4 Å². The number of benzene rings is 1. The van der Waals surface area contributed by atoms with E-state index in [4.69, 9.17) is 10.5 Å². The molecule has 1 aliphatic rings. The zero-order valence-electron chi connectivity index (χ0n) is 10.5. The third-order valence-corrected chi connectivity index (χ3v) is 3.83. The normalized spacial score (nSPS) is 33.4. The summed E-state index contributed by atoms with van der Waals surface area (Å²) in [7, 11) is 1.64. The average Bonchev–Trinajstić information content (AvgIpc) is 2.33. The molecule has 94 valence electrons. The van der Waals surface area contributed by atoms with Crippen LogP contribution in [0, 0.1) is 0 Å². The van der Waals surface area contributed by atoms with Gasteiger partial charge in [-0.05, 0) is 50.3 Å². The van der Waals surface area contributed by atoms with Crippen LogP contribution in [0.5, 0.6) is 5.75 Å². The van der Waals surface area contributed by atoms with E-state index in [2.05, 4.69) is 0 Å². The predicted octanol–water partition coefficient (Wildman–Crippen LogP) is 3.15. The number of hydrogen-bond donors (Lipinski definition) is 1. The van der Waals surface area contributed by atoms with Gasteiger partial charge >= 0.3 is 0 Å². The van der Waals surface area contributed by atoms with E-state index in [9.17, 15) is 4.39 Å². The second kappa shape index (κ2) is 4.30. The van der Waals surface area contributed by atoms with E-state index in [1.54, 1.807) is 14.0 Å². The Labute approximate surface area is 102 Å². The second-order valence-electron chi connectivity index (χ2n) is 5.30. The number of alkyl halides is 1. The highest BCUT2D eigenvalue weighted by Gasteiger charge is 2.39. The predicted molar refractivity (Wildman–Crippen MR) is 66.8 cm³/mol. The summed E-state index contributed by atoms with van der Waals surface area (Å²) in [6.45, 7) is 1.66. The maximum Gasteiger partial charge on any atom is 0.119 e. The van der Waals surface area contributed by atoms with Gasteiger partial charge in [-0.25, -0.2) is 4.39 Å². The Hall–Kier alpha value is -1.09. The van der Waals surface area contributed by atoms with E-state index in [1.165, 1.54) is 0 Å². The topological polar surface area (TPSA) is 35.2 Å². The summed E-state index contributed by atoms with van der Waals surface area (Å²) in [6.07, 6.45) is 2.43. The summed E-state index contributed by atoms with van der Waals surface area (Å²) in [4.78, 5) is 0. The van der Waals surface area contributed by atoms with Crippen molar-refractivity contribution in [2.75, 3.05) is 7.11 Å². The molecule has 2 N–H and O–H groups in total. The number of ether oxygens (including phenoxy) is 1. The van der Waals surface area contributed by atoms with Gasteiger partial charge in [-0.3, -0.25) is 0 Å². The highest BCUT2D eigenvalue weighted by atomic mass is 19.1. The van der Waals surface area contributed by atoms with Gasteiger partial charge in [-0.15, -0.1) is 0 Å². The summed E-state index contributed by atoms with van der Waals surface area (Å²) in [5.74, 6) is 0.806. The van der Waals surface area contributed by atoms with Gasteiger partial charge in [-0.2, -0.15) is 0 Å². The van der Waals surface area contributed by atoms with Crippen molar-refractivity contribution in [1.29, 1.82) is 0 Å². The Bertz CT molecular complexity index is 393. The van der Waals surface area contributed by atoms with Crippen LogP contribution in [0.4, 0.5) is 4.39 Å². The molecule has 0 spiro atoms. The zero-order chi connectivity index (χ0) is 12.5. The van der Waals surface area contributed by atoms with Crippen molar-refractivity contribution in [3.05, 3.63) is 29.8 Å². The molecule has 0 bridgehead atoms. The fourth-order valence-corrected chi connectivity index (χ4v) is 2.44. The average molecular weight is 237 g/mol. The largest absolute Gasteiger partial charge is 0.497 e. The van der Waals surface area contributed by atoms with Gasteiger partial charge in [0.15, 0.2) is 0 Å². The molecule has 0 aliphatic heterocycles. The summed E-state index contributed by atoms with van der Waals surface area (Å²) in [6, 6.07) is 7.80. The summed E-state index contributed by atoms with van der Waals surface area (Å²) in [5, 5.41) is 0. The molecule has 0 atom stereocenters. The monoisotopic (exact) mass is 237 g/mol. The maximum atomic E-state index is 13.8. The third kappa shape index (κ3) is 2.60. The van der Waals surface area contributed by atoms with Gasteiger partial charge in [0.05, 0.1) is 7.11 Å². The molecule has 2 rings (SSSR count). The number of halogens is 1. The van der Waals surface area contributed by atoms with E-state index in [0.717, 1.165) is 11.3 Å². The minimum atomic E-state index is -1.05. The molecule has 17 heavy (non-hydrogen) atoms. The number of hydrogen-bond acceptors (Lipinski definition) is 2. The summed E-state index contributed by atoms with van der Waals surface area (Å²) < 4.78 is 19.0. The SMILES string of the molecule is COc1cccc(C2(N)CCC(C)(F)CC2)c1. The lowest BCUT2D eigenvalue weighted by molar-refractivity contribution is 0.0897. The van der Waals surface area contributed by atoms with Crippen LogP contribution in [0.25, 0.3) is 0 Å². The summed E-state index contributed by atoms with van der Waals surface area (Å²) >= 11 is 0. The van der Waals surface area contributed by atoms with Crippen LogP contribution in [-0.2, 0) is 5.54 Å². The fraction of sp³-hybridized carbons (Fsp3) is 0.571. The van der Waals surface area contributed by atoms with Crippen molar-refractivity contribution in [3.8, 4) is 5.75 Å². The fourth-order valence-electron chi connectivity index (χ4n) is 2.44. The number of rotatable bonds is 2. The molecule has 0 aromatic heterocycles. The Morgan fingerprint density at radius 3 is 2.47 bits per heavy atom. The minimum absolute atomic E-state index is 0.403. The summed E-state index contributed by atoms with van der Waals surface area (Å²) in [5.41, 5.74) is 5.99. The van der Waals surface area contributed by atoms with Crippen molar-refractivity contribution in [1.82, 2.24) is 0 Å². The molecule has 0 heterocycles. The molecule has 1 aromatic carbocycles. The minimum Gasteiger partial charge on any atom is -0.497 e. The molecule has 3 heteroatoms. The van der Waals surface area contributed by atoms with E-state index < -0.39 is 11.2 Å². The van der Waals surface area contributed by atoms with Gasteiger partial charge in [-0.1, -0.05) is 12.1 Å². The molecule has 0 saturated heterocycles. The molecule has 2 nitrogen and oxygen atoms in total. The molecule has 1 saturated carbocycles. The smallest absolute Gasteiger partial charge is 0.119 e. The molecule has 0 unspecified atom stereocenters. The zero-order valence-corrected chi connectivity index (χ0v) is 10.5. The second-order valence-corrected chi connectivity index (χ2v) is 5.30. The first-order valence-corrected chi connectivity index (χ1v) is 6.08. The van der Waals surface area contributed by atoms with E-state index >= 15 is 0 Å². The Balaban J connectivity index is 2.21. The van der Waals surface area contributed by atoms with Gasteiger partial charge in [0.2, 0.25) is 0 Å². The molecule has 1 aromatic rings. The lowest BCUT2D eigenvalue weighted by Crippen LogP contribution is -2.43. The van der Waals surface area contributed by atoms with Crippen molar-refractivity contribution < 1.29 is 9.13 Å². The standard InChI is InChI=1S/C14H20FNO/c1-13(15)6-8-14(16,9-7-13)11-4-3-5-12(10-11)17-2/h3-5,10H,6-9,16H2,1-2H3. The molecular formula is C14H20FNO. The quantitative estimate of drug-likeness (QED) is 0.857. The lowest BCUT2D eigenvalue weighted by Gasteiger charge is -2.39. The maximum absolute atomic E-state index is 13.8. The number of methoxy groups -OCH3 is 1. The molecule has 1 fully saturated rings. The van der Waals surface area contributed by atoms with Crippen LogP contribution >= 0.6 is 0 Å². The van der Waals surface area contributed by atoms with Crippen LogP contribution in [-0.4, -0.2) is 12.8 Å². The molecule has 1 aliphatic carbocycles. The van der Waals surface area contributed by atoms with Gasteiger partial charge in [0, 0.05) is 5.54 Å². The van der Waals surface area contributed by atoms with Crippen LogP contribution in [0.1, 0.15) is 38.2 Å². The van der Waals surface area contributed by atoms with Crippen LogP contribution in [0.15, 0.2) is 24.3 Å². The first kappa shape index (κ1) is 12.4. The van der Waals surface area contributed by atoms with Crippen molar-refractivity contribution in [2.24, 2.45) is 5.73 Å². The Kier molecular flexibility index (Phi) is 3.13. The molecule has 0 radical (unpaired) electrons. The van der Waals surface area contributed by atoms with Gasteiger partial charge < -0.3 is 10.5 Å². The van der Waals surface area contributed by atoms with E-state index in [-0.39, 0.29) is 0 Å². The molecule has 0 amide bonds. The Morgan fingerprint density at radius 2 is 1.88 bits per heavy atom. The third-order valence-electron chi connectivity index (χ3n) is 3.83. The van der Waals surface area contributed by atoms with Gasteiger partial charge in [0.25, 0.3) is 0 Å². The van der Waals surface area contributed by atoms with E-state index in [0.29, 0.717) is 25.7 Å². The van der Waals surface area contributed by atoms with Crippen LogP contribution in [0.2, 0.25) is 0 Å². The highest BCUT2D eigenvalue weighted by Crippen LogP contribution is 2.41. The lowest BCUT2D eigenvalue weighted by atomic mass is 9.73. The van der Waals surface area contributed by atoms with Crippen molar-refractivity contribution in [2.45, 2.75) is 43.8 Å². The number of nitrogens with two attached hydrogens (primary N) is 1. The van der Waals surface area contributed by atoms with Crippen LogP contribution in [0.3, 0.4) is 0 Å². The van der Waals surface area contributed by atoms with Crippen molar-refractivity contribution in [3.63, 3.8) is 0 Å². The highest BCUT2D eigenvalue weighted by molar-refractivity contribution is 5.33. The van der Waals surface area contributed by atoms with E-state index in [1.807, 2.05) is 24.3 Å². The first-order chi connectivity index (χ1) is 7.95. The van der Waals surface area contributed by atoms with Crippen LogP contribution < -0.4 is 10.5 Å². The van der Waals surface area contributed by atoms with Crippen molar-refractivity contribution >= 4 is 0 Å². The Morgan fingerprint density at radius 1 is 1.24 bits per heavy atom. The molecular weight excluding hydrogens is 217 g/mol. The first-order valence-electron chi connectivity index (χ1n) is 6.08.